The summed E-state index contributed by atoms with van der Waals surface area (Å²) in [6.45, 7) is 11.8. The van der Waals surface area contributed by atoms with Crippen LogP contribution in [0, 0.1) is 5.92 Å². The van der Waals surface area contributed by atoms with Crippen LogP contribution in [0.2, 0.25) is 13.1 Å². The van der Waals surface area contributed by atoms with Crippen LogP contribution in [0.15, 0.2) is 42.9 Å². The molecule has 19 heavy (non-hydrogen) atoms. The second-order valence-corrected chi connectivity index (χ2v) is 9.96. The fourth-order valence-corrected chi connectivity index (χ4v) is 5.77. The van der Waals surface area contributed by atoms with Crippen molar-refractivity contribution in [3.8, 4) is 0 Å². The summed E-state index contributed by atoms with van der Waals surface area (Å²) >= 11 is 1.61. The molecule has 1 atom stereocenters. The van der Waals surface area contributed by atoms with Gasteiger partial charge in [0.1, 0.15) is 0 Å². The molecule has 0 radical (unpaired) electrons. The first-order valence-electron chi connectivity index (χ1n) is 6.48. The van der Waals surface area contributed by atoms with E-state index in [9.17, 15) is 0 Å². The van der Waals surface area contributed by atoms with Crippen molar-refractivity contribution in [3.63, 3.8) is 0 Å². The molecule has 0 aromatic heterocycles. The number of hydrogen-bond donors (Lipinski definition) is 0. The fourth-order valence-electron chi connectivity index (χ4n) is 2.99. The van der Waals surface area contributed by atoms with Crippen LogP contribution in [0.5, 0.6) is 0 Å². The Labute approximate surface area is 146 Å². The van der Waals surface area contributed by atoms with Crippen molar-refractivity contribution in [1.29, 1.82) is 0 Å². The average Bonchev–Trinajstić information content (AvgIpc) is 2.70. The third-order valence-electron chi connectivity index (χ3n) is 3.96. The third-order valence-corrected chi connectivity index (χ3v) is 6.84. The van der Waals surface area contributed by atoms with Gasteiger partial charge in [-0.05, 0) is 0 Å². The summed E-state index contributed by atoms with van der Waals surface area (Å²) in [5, 5.41) is 1.72. The molecule has 0 saturated heterocycles. The van der Waals surface area contributed by atoms with Gasteiger partial charge in [-0.1, -0.05) is 0 Å². The maximum Gasteiger partial charge on any atom is -1.00 e. The maximum atomic E-state index is 2.51. The van der Waals surface area contributed by atoms with Crippen molar-refractivity contribution in [1.82, 2.24) is 0 Å². The van der Waals surface area contributed by atoms with Crippen LogP contribution >= 0.6 is 0 Å². The van der Waals surface area contributed by atoms with E-state index in [0.717, 1.165) is 0 Å². The maximum absolute atomic E-state index is 2.51. The van der Waals surface area contributed by atoms with E-state index < -0.39 is 8.80 Å². The molecule has 4 heteroatoms. The average molecular weight is 392 g/mol. The van der Waals surface area contributed by atoms with Crippen LogP contribution in [0.3, 0.4) is 0 Å². The topological polar surface area (TPSA) is 0 Å². The van der Waals surface area contributed by atoms with Crippen LogP contribution in [-0.4, -0.2) is 8.80 Å². The van der Waals surface area contributed by atoms with Crippen molar-refractivity contribution in [3.05, 3.63) is 42.9 Å². The second-order valence-electron chi connectivity index (χ2n) is 5.55. The molecular weight excluding hydrogens is 370 g/mol. The molecule has 0 N–H and O–H groups in total. The zero-order valence-electron chi connectivity index (χ0n) is 12.3. The summed E-state index contributed by atoms with van der Waals surface area (Å²) in [4.78, 5) is 0. The van der Waals surface area contributed by atoms with E-state index in [1.807, 2.05) is 0 Å². The van der Waals surface area contributed by atoms with Gasteiger partial charge >= 0.3 is 123 Å². The number of rotatable bonds is 2. The summed E-state index contributed by atoms with van der Waals surface area (Å²) in [7, 11) is -0.690. The summed E-state index contributed by atoms with van der Waals surface area (Å²) < 4.78 is 1.68. The van der Waals surface area contributed by atoms with Crippen molar-refractivity contribution in [2.24, 2.45) is 5.92 Å². The molecule has 0 amide bonds. The molecule has 0 saturated carbocycles. The molecule has 0 nitrogen and oxygen atoms in total. The minimum atomic E-state index is -0.690. The molecule has 2 aliphatic carbocycles. The first kappa shape index (κ1) is 19.6. The van der Waals surface area contributed by atoms with Gasteiger partial charge in [-0.25, -0.2) is 0 Å². The summed E-state index contributed by atoms with van der Waals surface area (Å²) in [5.74, 6) is 0.620. The molecule has 0 bridgehead atoms. The number of allylic oxidation sites excluding steroid dienone is 8. The van der Waals surface area contributed by atoms with Crippen LogP contribution in [0.4, 0.5) is 0 Å². The molecule has 103 valence electrons. The van der Waals surface area contributed by atoms with Crippen LogP contribution in [0.1, 0.15) is 27.2 Å². The Morgan fingerprint density at radius 1 is 1.21 bits per heavy atom. The van der Waals surface area contributed by atoms with Crippen LogP contribution < -0.4 is 24.8 Å². The van der Waals surface area contributed by atoms with Gasteiger partial charge in [0.2, 0.25) is 0 Å². The normalized spacial score (nSPS) is 22.4. The molecule has 2 aliphatic rings. The SMILES string of the molecule is CC1=CC(C)C(C2=[C]([Zr+2])CC=C2[SiH](C)C)=C1C.[Cl-].[Cl-]. The van der Waals surface area contributed by atoms with E-state index in [1.54, 1.807) is 44.3 Å². The smallest absolute Gasteiger partial charge is 1.00 e. The van der Waals surface area contributed by atoms with E-state index in [4.69, 9.17) is 0 Å². The standard InChI is InChI=1S/C15H21Si.2ClH.Zr/c1-10-9-11(2)15(12(10)3)13-7-6-8-14(13)16(4)5;;;/h8-9,11,16H,6H2,1-5H3;2*1H;/q;;;+2/p-2. The molecule has 0 spiro atoms. The summed E-state index contributed by atoms with van der Waals surface area (Å²) in [5.41, 5.74) is 6.33. The van der Waals surface area contributed by atoms with Gasteiger partial charge in [0.05, 0.1) is 0 Å². The minimum absolute atomic E-state index is 0. The quantitative estimate of drug-likeness (QED) is 0.481. The van der Waals surface area contributed by atoms with Crippen molar-refractivity contribution >= 4 is 8.80 Å². The van der Waals surface area contributed by atoms with Gasteiger partial charge in [0.15, 0.2) is 0 Å². The predicted molar refractivity (Wildman–Crippen MR) is 74.2 cm³/mol. The van der Waals surface area contributed by atoms with Gasteiger partial charge in [-0.3, -0.25) is 0 Å². The Bertz CT molecular complexity index is 484. The first-order chi connectivity index (χ1) is 7.93. The Morgan fingerprint density at radius 3 is 2.21 bits per heavy atom. The summed E-state index contributed by atoms with van der Waals surface area (Å²) in [6.07, 6.45) is 6.16. The van der Waals surface area contributed by atoms with Gasteiger partial charge in [-0.2, -0.15) is 0 Å². The molecule has 1 unspecified atom stereocenters. The van der Waals surface area contributed by atoms with Crippen molar-refractivity contribution < 1.29 is 49.5 Å². The van der Waals surface area contributed by atoms with Crippen molar-refractivity contribution in [2.75, 3.05) is 0 Å². The Hall–Kier alpha value is 0.640. The fraction of sp³-hybridized carbons (Fsp3) is 0.467. The van der Waals surface area contributed by atoms with Crippen LogP contribution in [0.25, 0.3) is 0 Å². The second kappa shape index (κ2) is 7.59. The monoisotopic (exact) mass is 389 g/mol. The molecule has 0 heterocycles. The first-order valence-corrected chi connectivity index (χ1v) is 10.6. The van der Waals surface area contributed by atoms with Gasteiger partial charge in [0.25, 0.3) is 0 Å². The van der Waals surface area contributed by atoms with Crippen LogP contribution in [-0.2, 0) is 24.7 Å². The molecular formula is C15H21Cl2SiZr. The van der Waals surface area contributed by atoms with Gasteiger partial charge in [-0.15, -0.1) is 0 Å². The summed E-state index contributed by atoms with van der Waals surface area (Å²) in [6, 6.07) is 0. The van der Waals surface area contributed by atoms with Gasteiger partial charge in [0, 0.05) is 0 Å². The molecule has 0 aromatic rings. The zero-order chi connectivity index (χ0) is 12.7. The van der Waals surface area contributed by atoms with Crippen molar-refractivity contribution in [2.45, 2.75) is 40.3 Å². The van der Waals surface area contributed by atoms with Gasteiger partial charge < -0.3 is 24.8 Å². The minimum Gasteiger partial charge on any atom is -1.00 e. The van der Waals surface area contributed by atoms with E-state index in [-0.39, 0.29) is 24.8 Å². The van der Waals surface area contributed by atoms with E-state index in [2.05, 4.69) is 46.0 Å². The van der Waals surface area contributed by atoms with E-state index >= 15 is 0 Å². The predicted octanol–water partition coefficient (Wildman–Crippen LogP) is -1.94. The van der Waals surface area contributed by atoms with E-state index in [1.165, 1.54) is 17.6 Å². The van der Waals surface area contributed by atoms with E-state index in [0.29, 0.717) is 5.92 Å². The number of halogens is 2. The molecule has 0 aliphatic heterocycles. The number of hydrogen-bond acceptors (Lipinski definition) is 0. The largest absolute Gasteiger partial charge is 1.00 e. The molecule has 0 aromatic carbocycles. The zero-order valence-corrected chi connectivity index (χ0v) is 17.4. The Morgan fingerprint density at radius 2 is 1.79 bits per heavy atom. The molecule has 2 rings (SSSR count). The molecule has 0 fully saturated rings. The Kier molecular flexibility index (Phi) is 7.85. The Balaban J connectivity index is 0.00000162. The third kappa shape index (κ3) is 3.64.